The predicted molar refractivity (Wildman–Crippen MR) is 120 cm³/mol. The molecule has 3 rings (SSSR count). The van der Waals surface area contributed by atoms with E-state index in [0.717, 1.165) is 21.8 Å². The summed E-state index contributed by atoms with van der Waals surface area (Å²) in [5, 5.41) is 16.8. The first-order chi connectivity index (χ1) is 14.8. The monoisotopic (exact) mass is 461 g/mol. The van der Waals surface area contributed by atoms with Crippen LogP contribution in [0.5, 0.6) is 0 Å². The number of aromatic nitrogens is 3. The Morgan fingerprint density at radius 3 is 2.42 bits per heavy atom. The van der Waals surface area contributed by atoms with Crippen LogP contribution in [0.4, 0.5) is 17.5 Å². The van der Waals surface area contributed by atoms with Crippen molar-refractivity contribution in [2.75, 3.05) is 23.7 Å². The molecule has 12 heteroatoms. The van der Waals surface area contributed by atoms with Gasteiger partial charge in [-0.2, -0.15) is 0 Å². The van der Waals surface area contributed by atoms with Crippen molar-refractivity contribution in [3.8, 4) is 0 Å². The third-order valence-corrected chi connectivity index (χ3v) is 7.01. The molecule has 10 nitrogen and oxygen atoms in total. The fraction of sp³-hybridized carbons (Fsp3) is 0.263. The number of carbonyl (C=O) groups excluding carboxylic acids is 1. The van der Waals surface area contributed by atoms with Gasteiger partial charge in [0.15, 0.2) is 5.82 Å². The molecule has 0 radical (unpaired) electrons. The number of anilines is 3. The molecule has 0 spiro atoms. The fourth-order valence-electron chi connectivity index (χ4n) is 2.42. The molecule has 3 aromatic heterocycles. The highest BCUT2D eigenvalue weighted by atomic mass is 32.2. The summed E-state index contributed by atoms with van der Waals surface area (Å²) in [5.74, 6) is 1.58. The number of sulfonamides is 1. The van der Waals surface area contributed by atoms with Crippen LogP contribution in [-0.2, 0) is 21.4 Å². The zero-order chi connectivity index (χ0) is 22.3. The van der Waals surface area contributed by atoms with Crippen LogP contribution >= 0.6 is 11.3 Å². The van der Waals surface area contributed by atoms with Gasteiger partial charge in [0.1, 0.15) is 15.8 Å². The van der Waals surface area contributed by atoms with Crippen molar-refractivity contribution >= 4 is 44.7 Å². The van der Waals surface area contributed by atoms with E-state index in [1.165, 1.54) is 13.0 Å². The zero-order valence-electron chi connectivity index (χ0n) is 17.0. The Morgan fingerprint density at radius 2 is 1.74 bits per heavy atom. The second-order valence-corrected chi connectivity index (χ2v) is 9.77. The summed E-state index contributed by atoms with van der Waals surface area (Å²) in [6, 6.07) is 10.5. The number of thiophene rings is 1. The van der Waals surface area contributed by atoms with Crippen LogP contribution in [0.15, 0.2) is 46.8 Å². The second kappa shape index (κ2) is 10.3. The molecule has 1 amide bonds. The van der Waals surface area contributed by atoms with Gasteiger partial charge >= 0.3 is 0 Å². The van der Waals surface area contributed by atoms with Crippen LogP contribution in [-0.4, -0.2) is 42.6 Å². The van der Waals surface area contributed by atoms with Gasteiger partial charge in [0.2, 0.25) is 15.9 Å². The van der Waals surface area contributed by atoms with Gasteiger partial charge in [-0.05, 0) is 42.8 Å². The summed E-state index contributed by atoms with van der Waals surface area (Å²) >= 11 is 1.12. The van der Waals surface area contributed by atoms with Crippen molar-refractivity contribution in [3.05, 3.63) is 53.0 Å². The van der Waals surface area contributed by atoms with Gasteiger partial charge < -0.3 is 16.0 Å². The molecule has 0 saturated heterocycles. The Hall–Kier alpha value is -3.09. The van der Waals surface area contributed by atoms with E-state index in [4.69, 9.17) is 0 Å². The van der Waals surface area contributed by atoms with E-state index < -0.39 is 10.0 Å². The van der Waals surface area contributed by atoms with Crippen molar-refractivity contribution < 1.29 is 13.2 Å². The van der Waals surface area contributed by atoms with Crippen molar-refractivity contribution in [2.24, 2.45) is 0 Å². The van der Waals surface area contributed by atoms with Gasteiger partial charge in [-0.3, -0.25) is 4.79 Å². The average molecular weight is 462 g/mol. The van der Waals surface area contributed by atoms with Crippen LogP contribution in [0.3, 0.4) is 0 Å². The summed E-state index contributed by atoms with van der Waals surface area (Å²) in [4.78, 5) is 16.0. The summed E-state index contributed by atoms with van der Waals surface area (Å²) in [5.41, 5.74) is 1.07. The molecule has 0 aromatic carbocycles. The van der Waals surface area contributed by atoms with Crippen molar-refractivity contribution in [1.82, 2.24) is 25.2 Å². The molecular formula is C19H23N7O3S2. The molecule has 164 valence electrons. The number of nitrogens with one attached hydrogen (secondary N) is 4. The lowest BCUT2D eigenvalue weighted by Gasteiger charge is -2.08. The Balaban J connectivity index is 1.44. The topological polar surface area (TPSA) is 138 Å². The highest BCUT2D eigenvalue weighted by Gasteiger charge is 2.16. The highest BCUT2D eigenvalue weighted by molar-refractivity contribution is 7.91. The van der Waals surface area contributed by atoms with Crippen LogP contribution in [0.25, 0.3) is 0 Å². The van der Waals surface area contributed by atoms with Gasteiger partial charge in [-0.1, -0.05) is 6.07 Å². The Kier molecular flexibility index (Phi) is 7.50. The van der Waals surface area contributed by atoms with Gasteiger partial charge in [-0.15, -0.1) is 21.5 Å². The molecule has 0 aliphatic carbocycles. The minimum absolute atomic E-state index is 0.166. The van der Waals surface area contributed by atoms with Crippen LogP contribution < -0.4 is 20.7 Å². The van der Waals surface area contributed by atoms with Crippen LogP contribution in [0.2, 0.25) is 0 Å². The number of pyridine rings is 1. The Morgan fingerprint density at radius 1 is 1.00 bits per heavy atom. The maximum absolute atomic E-state index is 12.4. The van der Waals surface area contributed by atoms with Gasteiger partial charge in [0.05, 0.1) is 6.54 Å². The standard InChI is InChI=1S/C19H23N7O3S2/c1-13-3-5-16(22-11-13)24-18-7-6-17(25-26-18)20-9-10-23-31(28,29)19-8-4-15(30-19)12-21-14(2)27/h3-8,11,23H,9-10,12H2,1-2H3,(H,20,25)(H,21,27)(H,22,24,26). The summed E-state index contributed by atoms with van der Waals surface area (Å²) in [6.07, 6.45) is 1.76. The minimum atomic E-state index is -3.61. The summed E-state index contributed by atoms with van der Waals surface area (Å²) in [7, 11) is -3.61. The molecule has 0 fully saturated rings. The van der Waals surface area contributed by atoms with Crippen molar-refractivity contribution in [3.63, 3.8) is 0 Å². The molecular weight excluding hydrogens is 438 g/mol. The molecule has 0 unspecified atom stereocenters. The number of hydrogen-bond acceptors (Lipinski definition) is 9. The number of rotatable bonds is 10. The van der Waals surface area contributed by atoms with Gasteiger partial charge in [0.25, 0.3) is 0 Å². The predicted octanol–water partition coefficient (Wildman–Crippen LogP) is 2.01. The second-order valence-electron chi connectivity index (χ2n) is 6.60. The van der Waals surface area contributed by atoms with Gasteiger partial charge in [-0.25, -0.2) is 18.1 Å². The third kappa shape index (κ3) is 6.98. The summed E-state index contributed by atoms with van der Waals surface area (Å²) < 4.78 is 27.5. The molecule has 0 bridgehead atoms. The lowest BCUT2D eigenvalue weighted by Crippen LogP contribution is -2.28. The van der Waals surface area contributed by atoms with Crippen LogP contribution in [0.1, 0.15) is 17.4 Å². The first kappa shape index (κ1) is 22.6. The Bertz CT molecular complexity index is 1110. The first-order valence-corrected chi connectivity index (χ1v) is 11.7. The first-order valence-electron chi connectivity index (χ1n) is 9.42. The quantitative estimate of drug-likeness (QED) is 0.336. The number of aryl methyl sites for hydroxylation is 1. The van der Waals surface area contributed by atoms with E-state index in [0.29, 0.717) is 30.5 Å². The number of hydrogen-bond donors (Lipinski definition) is 4. The van der Waals surface area contributed by atoms with E-state index >= 15 is 0 Å². The van der Waals surface area contributed by atoms with Crippen molar-refractivity contribution in [2.45, 2.75) is 24.6 Å². The maximum Gasteiger partial charge on any atom is 0.250 e. The van der Waals surface area contributed by atoms with E-state index in [2.05, 4.69) is 35.9 Å². The summed E-state index contributed by atoms with van der Waals surface area (Å²) in [6.45, 7) is 4.19. The van der Waals surface area contributed by atoms with Crippen molar-refractivity contribution in [1.29, 1.82) is 0 Å². The fourth-order valence-corrected chi connectivity index (χ4v) is 4.79. The van der Waals surface area contributed by atoms with Crippen LogP contribution in [0, 0.1) is 6.92 Å². The minimum Gasteiger partial charge on any atom is -0.367 e. The largest absolute Gasteiger partial charge is 0.367 e. The lowest BCUT2D eigenvalue weighted by atomic mass is 10.3. The normalized spacial score (nSPS) is 11.2. The van der Waals surface area contributed by atoms with E-state index in [-0.39, 0.29) is 16.7 Å². The van der Waals surface area contributed by atoms with E-state index in [9.17, 15) is 13.2 Å². The molecule has 4 N–H and O–H groups in total. The SMILES string of the molecule is CC(=O)NCc1ccc(S(=O)(=O)NCCNc2ccc(Nc3ccc(C)cn3)nn2)s1. The Labute approximate surface area is 184 Å². The maximum atomic E-state index is 12.4. The highest BCUT2D eigenvalue weighted by Crippen LogP contribution is 2.21. The number of carbonyl (C=O) groups is 1. The zero-order valence-corrected chi connectivity index (χ0v) is 18.7. The molecule has 0 aliphatic heterocycles. The number of amides is 1. The smallest absolute Gasteiger partial charge is 0.250 e. The van der Waals surface area contributed by atoms with E-state index in [1.807, 2.05) is 19.1 Å². The molecule has 3 aromatic rings. The molecule has 3 heterocycles. The van der Waals surface area contributed by atoms with E-state index in [1.54, 1.807) is 24.4 Å². The molecule has 0 saturated carbocycles. The molecule has 0 atom stereocenters. The van der Waals surface area contributed by atoms with Gasteiger partial charge in [0, 0.05) is 31.1 Å². The molecule has 31 heavy (non-hydrogen) atoms. The lowest BCUT2D eigenvalue weighted by molar-refractivity contribution is -0.119. The molecule has 0 aliphatic rings. The third-order valence-electron chi connectivity index (χ3n) is 3.97. The average Bonchev–Trinajstić information content (AvgIpc) is 3.23. The number of nitrogens with zero attached hydrogens (tertiary/aromatic N) is 3.